The van der Waals surface area contributed by atoms with E-state index in [1.165, 1.54) is 22.3 Å². The summed E-state index contributed by atoms with van der Waals surface area (Å²) in [5, 5.41) is 79.5. The molecule has 4 aromatic carbocycles. The van der Waals surface area contributed by atoms with E-state index >= 15 is 0 Å². The summed E-state index contributed by atoms with van der Waals surface area (Å²) in [5.41, 5.74) is 4.94. The molecule has 0 saturated carbocycles. The number of nitrogens with zero attached hydrogens (tertiary/aromatic N) is 4. The van der Waals surface area contributed by atoms with Crippen LogP contribution < -0.4 is 10.6 Å². The number of esters is 2. The first kappa shape index (κ1) is 90.7. The van der Waals surface area contributed by atoms with E-state index in [4.69, 9.17) is 40.1 Å². The van der Waals surface area contributed by atoms with E-state index in [-0.39, 0.29) is 143 Å². The molecule has 6 aliphatic heterocycles. The summed E-state index contributed by atoms with van der Waals surface area (Å²) in [6, 6.07) is 40.7. The van der Waals surface area contributed by atoms with E-state index < -0.39 is 11.8 Å². The average Bonchev–Trinajstić information content (AvgIpc) is 2.40. The van der Waals surface area contributed by atoms with Gasteiger partial charge in [0, 0.05) is 135 Å². The van der Waals surface area contributed by atoms with Crippen LogP contribution in [0.2, 0.25) is 0 Å². The fourth-order valence-electron chi connectivity index (χ4n) is 11.4. The lowest BCUT2D eigenvalue weighted by molar-refractivity contribution is -0.155. The maximum absolute atomic E-state index is 12.0. The number of nitrogens with one attached hydrogen (secondary N) is 2. The van der Waals surface area contributed by atoms with Crippen molar-refractivity contribution < 1.29 is 69.5 Å². The minimum atomic E-state index is -0.614. The van der Waals surface area contributed by atoms with Gasteiger partial charge in [-0.25, -0.2) is 0 Å². The third-order valence-electron chi connectivity index (χ3n) is 16.8. The van der Waals surface area contributed by atoms with E-state index in [1.54, 1.807) is 13.8 Å². The molecule has 0 aromatic heterocycles. The van der Waals surface area contributed by atoms with Crippen molar-refractivity contribution in [2.24, 2.45) is 35.5 Å². The van der Waals surface area contributed by atoms with Gasteiger partial charge in [-0.2, -0.15) is 0 Å². The molecule has 0 aliphatic carbocycles. The zero-order valence-electron chi connectivity index (χ0n) is 51.9. The van der Waals surface area contributed by atoms with E-state index in [9.17, 15) is 29.4 Å². The summed E-state index contributed by atoms with van der Waals surface area (Å²) in [6.45, 7) is 16.6. The van der Waals surface area contributed by atoms with E-state index in [0.29, 0.717) is 58.8 Å². The summed E-state index contributed by atoms with van der Waals surface area (Å²) in [4.78, 5) is 55.8. The number of piperidine rings is 6. The van der Waals surface area contributed by atoms with Gasteiger partial charge in [0.05, 0.1) is 44.2 Å². The van der Waals surface area contributed by atoms with Crippen LogP contribution in [0.25, 0.3) is 0 Å². The number of carbonyl (C=O) groups excluding carboxylic acids is 4. The Morgan fingerprint density at radius 3 is 1.22 bits per heavy atom. The molecule has 0 amide bonds. The Bertz CT molecular complexity index is 2510. The maximum atomic E-state index is 12.0. The minimum absolute atomic E-state index is 0. The van der Waals surface area contributed by atoms with Crippen molar-refractivity contribution in [3.05, 3.63) is 144 Å². The predicted octanol–water partition coefficient (Wildman–Crippen LogP) is 6.72. The van der Waals surface area contributed by atoms with E-state index in [2.05, 4.69) is 66.6 Å². The predicted molar refractivity (Wildman–Crippen MR) is 377 cm³/mol. The van der Waals surface area contributed by atoms with Gasteiger partial charge in [0.15, 0.2) is 5.78 Å². The van der Waals surface area contributed by atoms with Crippen LogP contribution in [0.3, 0.4) is 0 Å². The van der Waals surface area contributed by atoms with Crippen LogP contribution in [0, 0.1) is 35.5 Å². The molecule has 20 nitrogen and oxygen atoms in total. The normalized spacial score (nSPS) is 24.4. The lowest BCUT2D eigenvalue weighted by Crippen LogP contribution is -2.44. The molecule has 10 unspecified atom stereocenters. The fraction of sp³-hybridized carbons (Fsp3) is 0.622. The number of benzene rings is 4. The number of ketones is 2. The zero-order valence-corrected chi connectivity index (χ0v) is 51.9. The second-order valence-electron chi connectivity index (χ2n) is 23.5. The van der Waals surface area contributed by atoms with Crippen LogP contribution in [-0.2, 0) is 54.8 Å². The first-order valence-corrected chi connectivity index (χ1v) is 31.7. The highest BCUT2D eigenvalue weighted by Gasteiger charge is 2.35. The highest BCUT2D eigenvalue weighted by Crippen LogP contribution is 2.22. The highest BCUT2D eigenvalue weighted by atomic mass is 16.5. The molecule has 0 radical (unpaired) electrons. The van der Waals surface area contributed by atoms with Gasteiger partial charge in [0.25, 0.3) is 0 Å². The van der Waals surface area contributed by atoms with Gasteiger partial charge < -0.3 is 61.0 Å². The molecule has 536 valence electrons. The second kappa shape index (κ2) is 51.8. The van der Waals surface area contributed by atoms with Crippen molar-refractivity contribution in [2.45, 2.75) is 148 Å². The quantitative estimate of drug-likeness (QED) is 0.0412. The van der Waals surface area contributed by atoms with Gasteiger partial charge in [0.1, 0.15) is 17.6 Å². The third-order valence-corrected chi connectivity index (χ3v) is 16.8. The minimum Gasteiger partial charge on any atom is -0.465 e. The molecule has 6 saturated heterocycles. The number of ether oxygens (including phenoxy) is 2. The standard InChI is InChI=1S/2C15H19NO3.2C13H19NO2.2C6H13NO2.6CH4/c1-2-19-15(18)13-11-16(9-8-14(13)17)10-12-6-4-3-5-7-12;1-2-19-15(18)13-8-9-16(11-14(13)17)10-12-6-4-3-5-7-12;15-10-12-9-14(7-6-13(12)16)8-11-4-2-1-3-5-11;15-10-12-6-7-14(9-13(12)16)8-11-4-2-1-3-5-11;8-4-5-3-7-2-1-6(5)9;8-4-5-1-2-7-3-6(5)9;;;;;;/h2*3-7,13H,2,8-11H2,1H3;2*1-5,12-13,15-16H,6-10H2;2*5-9H,1-4H2;6*1H4. The molecule has 10 rings (SSSR count). The number of aliphatic hydroxyl groups excluding tert-OH is 8. The summed E-state index contributed by atoms with van der Waals surface area (Å²) in [7, 11) is 0. The van der Waals surface area contributed by atoms with Gasteiger partial charge >= 0.3 is 11.9 Å². The van der Waals surface area contributed by atoms with Crippen LogP contribution in [0.15, 0.2) is 121 Å². The first-order chi connectivity index (χ1) is 42.7. The number of likely N-dealkylation sites (tertiary alicyclic amines) is 4. The van der Waals surface area contributed by atoms with E-state index in [0.717, 1.165) is 97.7 Å². The van der Waals surface area contributed by atoms with Crippen molar-refractivity contribution in [3.63, 3.8) is 0 Å². The summed E-state index contributed by atoms with van der Waals surface area (Å²) in [5.74, 6) is -1.72. The van der Waals surface area contributed by atoms with Gasteiger partial charge in [0.2, 0.25) is 0 Å². The Morgan fingerprint density at radius 2 is 0.809 bits per heavy atom. The molecule has 4 aromatic rings. The monoisotopic (exact) mass is 1320 g/mol. The van der Waals surface area contributed by atoms with Crippen molar-refractivity contribution in [1.82, 2.24) is 30.2 Å². The van der Waals surface area contributed by atoms with Crippen LogP contribution in [-0.4, -0.2) is 227 Å². The molecule has 10 N–H and O–H groups in total. The van der Waals surface area contributed by atoms with Crippen LogP contribution >= 0.6 is 0 Å². The van der Waals surface area contributed by atoms with Crippen molar-refractivity contribution >= 4 is 23.5 Å². The van der Waals surface area contributed by atoms with Gasteiger partial charge in [-0.05, 0) is 87.8 Å². The molecular weight excluding hydrogens is 1200 g/mol. The molecule has 10 atom stereocenters. The molecule has 6 aliphatic rings. The van der Waals surface area contributed by atoms with Crippen molar-refractivity contribution in [2.75, 3.05) is 118 Å². The number of aliphatic hydroxyl groups is 8. The highest BCUT2D eigenvalue weighted by molar-refractivity contribution is 6.00. The number of rotatable bonds is 16. The molecule has 6 fully saturated rings. The number of carbonyl (C=O) groups is 4. The fourth-order valence-corrected chi connectivity index (χ4v) is 11.4. The number of hydrogen-bond acceptors (Lipinski definition) is 20. The number of hydrogen-bond donors (Lipinski definition) is 10. The summed E-state index contributed by atoms with van der Waals surface area (Å²) >= 11 is 0. The Balaban J connectivity index is 0. The van der Waals surface area contributed by atoms with Crippen molar-refractivity contribution in [3.8, 4) is 0 Å². The van der Waals surface area contributed by atoms with Crippen LogP contribution in [0.5, 0.6) is 0 Å². The Morgan fingerprint density at radius 1 is 0.415 bits per heavy atom. The molecular formula is C74H126N6O14. The van der Waals surface area contributed by atoms with Gasteiger partial charge in [-0.15, -0.1) is 0 Å². The molecule has 20 heteroatoms. The Kier molecular flexibility index (Phi) is 50.0. The summed E-state index contributed by atoms with van der Waals surface area (Å²) < 4.78 is 9.89. The summed E-state index contributed by atoms with van der Waals surface area (Å²) in [6.07, 6.45) is 2.92. The third kappa shape index (κ3) is 33.0. The molecule has 6 heterocycles. The number of β-amino-alcohol motifs (C(OH)–C–C–N with tert-alkyl or cyclic N) is 2. The van der Waals surface area contributed by atoms with Gasteiger partial charge in [-0.3, -0.25) is 38.8 Å². The molecule has 0 spiro atoms. The Hall–Kier alpha value is -5.40. The lowest BCUT2D eigenvalue weighted by atomic mass is 9.94. The van der Waals surface area contributed by atoms with Crippen molar-refractivity contribution in [1.29, 1.82) is 0 Å². The zero-order chi connectivity index (χ0) is 63.5. The molecule has 94 heavy (non-hydrogen) atoms. The average molecular weight is 1320 g/mol. The Labute approximate surface area is 565 Å². The SMILES string of the molecule is C.C.C.C.C.C.CCOC(=O)C1CCN(Cc2ccccc2)CC1=O.CCOC(=O)C1CN(Cc2ccccc2)CCC1=O.OCC1CCN(Cc2ccccc2)CC1O.OCC1CCNCC1O.OCC1CN(Cc2ccccc2)CCC1O.OCC1CNCCC1O. The first-order valence-electron chi connectivity index (χ1n) is 31.7. The van der Waals surface area contributed by atoms with E-state index in [1.807, 2.05) is 84.9 Å². The second-order valence-corrected chi connectivity index (χ2v) is 23.5. The number of Topliss-reactive ketones (excluding diaryl/α,β-unsaturated/α-hetero) is 2. The maximum Gasteiger partial charge on any atom is 0.317 e. The molecule has 0 bridgehead atoms. The smallest absolute Gasteiger partial charge is 0.317 e. The van der Waals surface area contributed by atoms with Gasteiger partial charge in [-0.1, -0.05) is 166 Å². The topological polar surface area (TPSA) is 286 Å². The van der Waals surface area contributed by atoms with Crippen LogP contribution in [0.1, 0.15) is 119 Å². The van der Waals surface area contributed by atoms with Crippen LogP contribution in [0.4, 0.5) is 0 Å². The lowest BCUT2D eigenvalue weighted by Gasteiger charge is -2.35. The largest absolute Gasteiger partial charge is 0.465 e.